The molecule has 1 aromatic carbocycles. The number of ether oxygens (including phenoxy) is 1. The van der Waals surface area contributed by atoms with E-state index in [2.05, 4.69) is 5.32 Å². The van der Waals surface area contributed by atoms with Crippen molar-refractivity contribution in [3.8, 4) is 0 Å². The average molecular weight is 382 g/mol. The molecule has 2 heterocycles. The number of benzene rings is 1. The third kappa shape index (κ3) is 2.52. The second-order valence-corrected chi connectivity index (χ2v) is 9.32. The van der Waals surface area contributed by atoms with Gasteiger partial charge in [-0.1, -0.05) is 30.3 Å². The summed E-state index contributed by atoms with van der Waals surface area (Å²) in [4.78, 5) is 36.8. The molecule has 2 fully saturated rings. The highest BCUT2D eigenvalue weighted by molar-refractivity contribution is 7.93. The van der Waals surface area contributed by atoms with Crippen LogP contribution in [0.25, 0.3) is 0 Å². The SMILES string of the molecule is CC1(C)[C@H](C(=O)O)N2C(=O)O[C@@H](C(=O)NCc3ccccc3)[C@H]2S1(=O)=O. The van der Waals surface area contributed by atoms with Crippen LogP contribution in [0.1, 0.15) is 19.4 Å². The molecule has 1 aromatic rings. The fourth-order valence-electron chi connectivity index (χ4n) is 3.33. The van der Waals surface area contributed by atoms with E-state index in [-0.39, 0.29) is 6.54 Å². The molecule has 2 N–H and O–H groups in total. The van der Waals surface area contributed by atoms with Crippen molar-refractivity contribution in [1.82, 2.24) is 10.2 Å². The number of hydrogen-bond acceptors (Lipinski definition) is 6. The number of carboxylic acids is 1. The van der Waals surface area contributed by atoms with E-state index in [4.69, 9.17) is 4.74 Å². The number of cyclic esters (lactones) is 1. The fourth-order valence-corrected chi connectivity index (χ4v) is 5.49. The summed E-state index contributed by atoms with van der Waals surface area (Å²) in [6, 6.07) is 7.27. The molecule has 9 nitrogen and oxygen atoms in total. The number of carbonyl (C=O) groups excluding carboxylic acids is 2. The Morgan fingerprint density at radius 1 is 1.27 bits per heavy atom. The van der Waals surface area contributed by atoms with Crippen LogP contribution < -0.4 is 5.32 Å². The number of nitrogens with one attached hydrogen (secondary N) is 1. The van der Waals surface area contributed by atoms with E-state index in [1.54, 1.807) is 30.3 Å². The molecule has 0 bridgehead atoms. The first-order valence-corrected chi connectivity index (χ1v) is 9.40. The molecule has 3 atom stereocenters. The van der Waals surface area contributed by atoms with E-state index in [1.165, 1.54) is 13.8 Å². The number of hydrogen-bond donors (Lipinski definition) is 2. The van der Waals surface area contributed by atoms with Gasteiger partial charge in [-0.25, -0.2) is 18.0 Å². The summed E-state index contributed by atoms with van der Waals surface area (Å²) in [6.45, 7) is 2.57. The van der Waals surface area contributed by atoms with Crippen LogP contribution in [0.4, 0.5) is 4.79 Å². The van der Waals surface area contributed by atoms with Gasteiger partial charge in [-0.2, -0.15) is 0 Å². The van der Waals surface area contributed by atoms with E-state index in [9.17, 15) is 27.9 Å². The van der Waals surface area contributed by atoms with Crippen LogP contribution in [0.2, 0.25) is 0 Å². The fraction of sp³-hybridized carbons (Fsp3) is 0.438. The summed E-state index contributed by atoms with van der Waals surface area (Å²) in [7, 11) is -4.17. The van der Waals surface area contributed by atoms with Crippen LogP contribution in [0.15, 0.2) is 30.3 Å². The quantitative estimate of drug-likeness (QED) is 0.756. The summed E-state index contributed by atoms with van der Waals surface area (Å²) in [5.74, 6) is -2.26. The van der Waals surface area contributed by atoms with Crippen molar-refractivity contribution in [3.63, 3.8) is 0 Å². The second-order valence-electron chi connectivity index (χ2n) is 6.69. The lowest BCUT2D eigenvalue weighted by Gasteiger charge is -2.24. The zero-order chi connectivity index (χ0) is 19.3. The Morgan fingerprint density at radius 2 is 1.88 bits per heavy atom. The molecule has 0 spiro atoms. The van der Waals surface area contributed by atoms with Crippen LogP contribution in [-0.2, 0) is 30.7 Å². The number of carbonyl (C=O) groups is 3. The van der Waals surface area contributed by atoms with Crippen LogP contribution in [0, 0.1) is 0 Å². The van der Waals surface area contributed by atoms with Gasteiger partial charge in [0.2, 0.25) is 6.10 Å². The maximum absolute atomic E-state index is 12.8. The van der Waals surface area contributed by atoms with Gasteiger partial charge in [0, 0.05) is 6.54 Å². The minimum atomic E-state index is -4.17. The lowest BCUT2D eigenvalue weighted by atomic mass is 10.0. The summed E-state index contributed by atoms with van der Waals surface area (Å²) in [5, 5.41) is 10.3. The van der Waals surface area contributed by atoms with E-state index in [0.29, 0.717) is 4.90 Å². The number of carboxylic acid groups (broad SMARTS) is 1. The Hall–Kier alpha value is -2.62. The lowest BCUT2D eigenvalue weighted by Crippen LogP contribution is -2.49. The van der Waals surface area contributed by atoms with Crippen molar-refractivity contribution >= 4 is 27.8 Å². The van der Waals surface area contributed by atoms with Gasteiger partial charge in [-0.05, 0) is 19.4 Å². The van der Waals surface area contributed by atoms with Crippen molar-refractivity contribution in [2.75, 3.05) is 0 Å². The molecule has 3 rings (SSSR count). The van der Waals surface area contributed by atoms with E-state index >= 15 is 0 Å². The maximum atomic E-state index is 12.8. The first-order valence-electron chi connectivity index (χ1n) is 7.86. The number of amides is 2. The predicted octanol–water partition coefficient (Wildman–Crippen LogP) is 0.110. The third-order valence-corrected chi connectivity index (χ3v) is 7.56. The molecule has 26 heavy (non-hydrogen) atoms. The highest BCUT2D eigenvalue weighted by Gasteiger charge is 2.70. The van der Waals surface area contributed by atoms with Gasteiger partial charge in [0.05, 0.1) is 0 Å². The standard InChI is InChI=1S/C16H18N2O7S/c1-16(2)11(14(20)21)18-13(26(16,23)24)10(25-15(18)22)12(19)17-8-9-6-4-3-5-7-9/h3-7,10-11,13H,8H2,1-2H3,(H,17,19)(H,20,21)/t10-,11-,13+/m0/s1. The predicted molar refractivity (Wildman–Crippen MR) is 88.6 cm³/mol. The van der Waals surface area contributed by atoms with Gasteiger partial charge in [0.1, 0.15) is 4.75 Å². The number of rotatable bonds is 4. The Kier molecular flexibility index (Phi) is 4.18. The van der Waals surface area contributed by atoms with Crippen LogP contribution >= 0.6 is 0 Å². The van der Waals surface area contributed by atoms with Crippen molar-refractivity contribution in [1.29, 1.82) is 0 Å². The first kappa shape index (κ1) is 18.2. The first-order chi connectivity index (χ1) is 12.1. The molecule has 0 saturated carbocycles. The Morgan fingerprint density at radius 3 is 2.46 bits per heavy atom. The highest BCUT2D eigenvalue weighted by Crippen LogP contribution is 2.44. The van der Waals surface area contributed by atoms with Gasteiger partial charge in [-0.3, -0.25) is 9.69 Å². The monoisotopic (exact) mass is 382 g/mol. The summed E-state index contributed by atoms with van der Waals surface area (Å²) < 4.78 is 28.8. The van der Waals surface area contributed by atoms with E-state index in [1.807, 2.05) is 0 Å². The van der Waals surface area contributed by atoms with Crippen LogP contribution in [-0.4, -0.2) is 58.7 Å². The van der Waals surface area contributed by atoms with Gasteiger partial charge >= 0.3 is 12.1 Å². The molecule has 2 aliphatic rings. The largest absolute Gasteiger partial charge is 0.480 e. The van der Waals surface area contributed by atoms with Crippen LogP contribution in [0.5, 0.6) is 0 Å². The smallest absolute Gasteiger partial charge is 0.412 e. The topological polar surface area (TPSA) is 130 Å². The van der Waals surface area contributed by atoms with Gasteiger partial charge in [0.25, 0.3) is 5.91 Å². The Bertz CT molecular complexity index is 866. The molecule has 2 saturated heterocycles. The minimum absolute atomic E-state index is 0.117. The molecule has 0 aliphatic carbocycles. The highest BCUT2D eigenvalue weighted by atomic mass is 32.2. The van der Waals surface area contributed by atoms with Gasteiger partial charge in [-0.15, -0.1) is 0 Å². The summed E-state index contributed by atoms with van der Waals surface area (Å²) in [6.07, 6.45) is -2.75. The molecule has 2 aliphatic heterocycles. The average Bonchev–Trinajstić information content (AvgIpc) is 2.98. The van der Waals surface area contributed by atoms with Crippen molar-refractivity contribution in [2.45, 2.75) is 42.7 Å². The number of nitrogens with zero attached hydrogens (tertiary/aromatic N) is 1. The molecule has 0 unspecified atom stereocenters. The Labute approximate surface area is 149 Å². The van der Waals surface area contributed by atoms with Gasteiger partial charge < -0.3 is 15.2 Å². The number of sulfone groups is 1. The zero-order valence-electron chi connectivity index (χ0n) is 14.1. The van der Waals surface area contributed by atoms with E-state index < -0.39 is 50.1 Å². The maximum Gasteiger partial charge on any atom is 0.412 e. The minimum Gasteiger partial charge on any atom is -0.480 e. The summed E-state index contributed by atoms with van der Waals surface area (Å²) >= 11 is 0. The lowest BCUT2D eigenvalue weighted by molar-refractivity contribution is -0.142. The number of aliphatic carboxylic acids is 1. The second kappa shape index (κ2) is 5.97. The molecular formula is C16H18N2O7S. The molecule has 0 aromatic heterocycles. The normalized spacial score (nSPS) is 28.3. The van der Waals surface area contributed by atoms with Crippen LogP contribution in [0.3, 0.4) is 0 Å². The van der Waals surface area contributed by atoms with Gasteiger partial charge in [0.15, 0.2) is 21.3 Å². The number of fused-ring (bicyclic) bond motifs is 1. The van der Waals surface area contributed by atoms with Crippen molar-refractivity contribution in [2.24, 2.45) is 0 Å². The molecule has 140 valence electrons. The van der Waals surface area contributed by atoms with E-state index in [0.717, 1.165) is 5.56 Å². The molecular weight excluding hydrogens is 364 g/mol. The van der Waals surface area contributed by atoms with Crippen molar-refractivity contribution < 1.29 is 32.6 Å². The van der Waals surface area contributed by atoms with Crippen molar-refractivity contribution in [3.05, 3.63) is 35.9 Å². The molecule has 10 heteroatoms. The zero-order valence-corrected chi connectivity index (χ0v) is 14.9. The molecule has 2 amide bonds. The molecule has 0 radical (unpaired) electrons. The third-order valence-electron chi connectivity index (χ3n) is 4.76. The summed E-state index contributed by atoms with van der Waals surface area (Å²) in [5.41, 5.74) is 0.778. The Balaban J connectivity index is 1.88.